The molecule has 0 aromatic heterocycles. The first-order valence-electron chi connectivity index (χ1n) is 5.06. The van der Waals surface area contributed by atoms with Crippen molar-refractivity contribution in [2.45, 2.75) is 46.1 Å². The monoisotopic (exact) mass is 186 g/mol. The van der Waals surface area contributed by atoms with Crippen molar-refractivity contribution >= 4 is 5.91 Å². The molecule has 0 spiro atoms. The van der Waals surface area contributed by atoms with Crippen LogP contribution in [0.2, 0.25) is 0 Å². The highest BCUT2D eigenvalue weighted by molar-refractivity contribution is 5.76. The number of carbonyl (C=O) groups is 1. The van der Waals surface area contributed by atoms with Crippen molar-refractivity contribution in [2.24, 2.45) is 11.7 Å². The summed E-state index contributed by atoms with van der Waals surface area (Å²) in [5.74, 6) is -0.157. The molecule has 1 amide bonds. The van der Waals surface area contributed by atoms with Crippen LogP contribution in [0.3, 0.4) is 0 Å². The first-order chi connectivity index (χ1) is 6.04. The molecule has 0 aliphatic carbocycles. The van der Waals surface area contributed by atoms with Gasteiger partial charge in [0.1, 0.15) is 0 Å². The Morgan fingerprint density at radius 1 is 1.31 bits per heavy atom. The Morgan fingerprint density at radius 3 is 2.38 bits per heavy atom. The summed E-state index contributed by atoms with van der Waals surface area (Å²) >= 11 is 0. The van der Waals surface area contributed by atoms with Crippen molar-refractivity contribution in [1.29, 1.82) is 0 Å². The molecule has 3 N–H and O–H groups in total. The summed E-state index contributed by atoms with van der Waals surface area (Å²) < 4.78 is 0. The Bertz CT molecular complexity index is 146. The van der Waals surface area contributed by atoms with Gasteiger partial charge in [-0.2, -0.15) is 0 Å². The highest BCUT2D eigenvalue weighted by atomic mass is 16.1. The molecule has 3 heteroatoms. The maximum Gasteiger partial charge on any atom is 0.220 e. The lowest BCUT2D eigenvalue weighted by Gasteiger charge is -2.09. The Morgan fingerprint density at radius 2 is 1.92 bits per heavy atom. The molecular formula is C10H22N2O. The highest BCUT2D eigenvalue weighted by Gasteiger charge is 2.06. The molecule has 0 radical (unpaired) electrons. The molecule has 0 rings (SSSR count). The van der Waals surface area contributed by atoms with E-state index in [-0.39, 0.29) is 11.8 Å². The molecule has 78 valence electrons. The summed E-state index contributed by atoms with van der Waals surface area (Å²) in [5, 5.41) is 3.33. The quantitative estimate of drug-likeness (QED) is 0.588. The lowest BCUT2D eigenvalue weighted by atomic mass is 10.0. The first kappa shape index (κ1) is 12.4. The molecule has 0 aromatic rings. The summed E-state index contributed by atoms with van der Waals surface area (Å²) in [6.07, 6.45) is 3.11. The van der Waals surface area contributed by atoms with E-state index in [2.05, 4.69) is 19.2 Å². The third-order valence-corrected chi connectivity index (χ3v) is 2.10. The minimum absolute atomic E-state index is 0.0269. The van der Waals surface area contributed by atoms with Crippen LogP contribution in [0.4, 0.5) is 0 Å². The minimum Gasteiger partial charge on any atom is -0.369 e. The summed E-state index contributed by atoms with van der Waals surface area (Å²) in [5.41, 5.74) is 5.14. The predicted molar refractivity (Wildman–Crippen MR) is 55.3 cm³/mol. The maximum atomic E-state index is 10.7. The second kappa shape index (κ2) is 6.89. The van der Waals surface area contributed by atoms with Crippen LogP contribution in [0, 0.1) is 5.92 Å². The molecule has 0 heterocycles. The van der Waals surface area contributed by atoms with Crippen LogP contribution < -0.4 is 11.1 Å². The van der Waals surface area contributed by atoms with E-state index in [1.54, 1.807) is 0 Å². The average Bonchev–Trinajstić information content (AvgIpc) is 2.02. The fourth-order valence-electron chi connectivity index (χ4n) is 1.11. The van der Waals surface area contributed by atoms with E-state index in [0.29, 0.717) is 6.04 Å². The van der Waals surface area contributed by atoms with Gasteiger partial charge in [-0.3, -0.25) is 4.79 Å². The molecule has 3 nitrogen and oxygen atoms in total. The van der Waals surface area contributed by atoms with Crippen LogP contribution in [-0.2, 0) is 4.79 Å². The summed E-state index contributed by atoms with van der Waals surface area (Å²) in [7, 11) is 0. The van der Waals surface area contributed by atoms with Crippen LogP contribution in [0.1, 0.15) is 40.0 Å². The molecule has 0 aliphatic heterocycles. The number of rotatable bonds is 7. The number of amides is 1. The largest absolute Gasteiger partial charge is 0.369 e. The van der Waals surface area contributed by atoms with Crippen LogP contribution in [-0.4, -0.2) is 18.5 Å². The standard InChI is InChI=1S/C10H22N2O/c1-8(2)12-7-5-4-6-9(3)10(11)13/h8-9,12H,4-7H2,1-3H3,(H2,11,13). The van der Waals surface area contributed by atoms with E-state index < -0.39 is 0 Å². The zero-order valence-electron chi connectivity index (χ0n) is 8.97. The van der Waals surface area contributed by atoms with Crippen molar-refractivity contribution in [3.63, 3.8) is 0 Å². The summed E-state index contributed by atoms with van der Waals surface area (Å²) in [4.78, 5) is 10.7. The fourth-order valence-corrected chi connectivity index (χ4v) is 1.11. The van der Waals surface area contributed by atoms with Crippen LogP contribution in [0.25, 0.3) is 0 Å². The lowest BCUT2D eigenvalue weighted by Crippen LogP contribution is -2.24. The average molecular weight is 186 g/mol. The molecule has 0 aliphatic rings. The van der Waals surface area contributed by atoms with Crippen molar-refractivity contribution in [3.05, 3.63) is 0 Å². The second-order valence-electron chi connectivity index (χ2n) is 3.91. The van der Waals surface area contributed by atoms with E-state index in [4.69, 9.17) is 5.73 Å². The molecule has 0 bridgehead atoms. The molecule has 0 fully saturated rings. The van der Waals surface area contributed by atoms with Crippen LogP contribution in [0.5, 0.6) is 0 Å². The smallest absolute Gasteiger partial charge is 0.220 e. The van der Waals surface area contributed by atoms with E-state index in [1.165, 1.54) is 0 Å². The lowest BCUT2D eigenvalue weighted by molar-refractivity contribution is -0.121. The Kier molecular flexibility index (Phi) is 6.59. The van der Waals surface area contributed by atoms with E-state index in [9.17, 15) is 4.79 Å². The van der Waals surface area contributed by atoms with Crippen molar-refractivity contribution in [1.82, 2.24) is 5.32 Å². The summed E-state index contributed by atoms with van der Waals surface area (Å²) in [6.45, 7) is 7.18. The van der Waals surface area contributed by atoms with E-state index >= 15 is 0 Å². The number of primary amides is 1. The van der Waals surface area contributed by atoms with Gasteiger partial charge in [0.15, 0.2) is 0 Å². The molecule has 0 saturated carbocycles. The van der Waals surface area contributed by atoms with Gasteiger partial charge in [0.2, 0.25) is 5.91 Å². The third-order valence-electron chi connectivity index (χ3n) is 2.10. The first-order valence-corrected chi connectivity index (χ1v) is 5.06. The number of unbranched alkanes of at least 4 members (excludes halogenated alkanes) is 1. The molecule has 1 unspecified atom stereocenters. The molecule has 13 heavy (non-hydrogen) atoms. The molecule has 1 atom stereocenters. The Balaban J connectivity index is 3.21. The van der Waals surface area contributed by atoms with Crippen LogP contribution in [0.15, 0.2) is 0 Å². The topological polar surface area (TPSA) is 55.1 Å². The Hall–Kier alpha value is -0.570. The number of hydrogen-bond acceptors (Lipinski definition) is 2. The van der Waals surface area contributed by atoms with E-state index in [0.717, 1.165) is 25.8 Å². The maximum absolute atomic E-state index is 10.7. The number of nitrogens with two attached hydrogens (primary N) is 1. The van der Waals surface area contributed by atoms with Gasteiger partial charge in [0.25, 0.3) is 0 Å². The van der Waals surface area contributed by atoms with Gasteiger partial charge in [-0.25, -0.2) is 0 Å². The SMILES string of the molecule is CC(C)NCCCCC(C)C(N)=O. The van der Waals surface area contributed by atoms with E-state index in [1.807, 2.05) is 6.92 Å². The van der Waals surface area contributed by atoms with Gasteiger partial charge in [-0.05, 0) is 19.4 Å². The normalized spacial score (nSPS) is 13.2. The zero-order chi connectivity index (χ0) is 10.3. The Labute approximate surface area is 81.1 Å². The van der Waals surface area contributed by atoms with Crippen molar-refractivity contribution < 1.29 is 4.79 Å². The van der Waals surface area contributed by atoms with Crippen molar-refractivity contribution in [3.8, 4) is 0 Å². The van der Waals surface area contributed by atoms with Gasteiger partial charge < -0.3 is 11.1 Å². The zero-order valence-corrected chi connectivity index (χ0v) is 8.97. The minimum atomic E-state index is -0.184. The van der Waals surface area contributed by atoms with Crippen LogP contribution >= 0.6 is 0 Å². The van der Waals surface area contributed by atoms with Gasteiger partial charge in [0.05, 0.1) is 0 Å². The summed E-state index contributed by atoms with van der Waals surface area (Å²) in [6, 6.07) is 0.550. The number of nitrogens with one attached hydrogen (secondary N) is 1. The molecule has 0 saturated heterocycles. The van der Waals surface area contributed by atoms with Gasteiger partial charge in [-0.1, -0.05) is 27.2 Å². The van der Waals surface area contributed by atoms with Gasteiger partial charge in [-0.15, -0.1) is 0 Å². The fraction of sp³-hybridized carbons (Fsp3) is 0.900. The van der Waals surface area contributed by atoms with Gasteiger partial charge >= 0.3 is 0 Å². The molecular weight excluding hydrogens is 164 g/mol. The van der Waals surface area contributed by atoms with Crippen molar-refractivity contribution in [2.75, 3.05) is 6.54 Å². The predicted octanol–water partition coefficient (Wildman–Crippen LogP) is 1.28. The second-order valence-corrected chi connectivity index (χ2v) is 3.91. The molecule has 0 aromatic carbocycles. The third kappa shape index (κ3) is 7.78. The highest BCUT2D eigenvalue weighted by Crippen LogP contribution is 2.06. The van der Waals surface area contributed by atoms with Gasteiger partial charge in [0, 0.05) is 12.0 Å². The number of carbonyl (C=O) groups excluding carboxylic acids is 1. The number of hydrogen-bond donors (Lipinski definition) is 2.